The van der Waals surface area contributed by atoms with Crippen molar-refractivity contribution in [1.29, 1.82) is 0 Å². The Hall–Kier alpha value is -2.86. The Morgan fingerprint density at radius 2 is 1.08 bits per heavy atom. The molecular weight excluding hydrogens is 589 g/mol. The molecule has 7 rings (SSSR count). The second kappa shape index (κ2) is 20.7. The molecule has 0 amide bonds. The molecule has 2 saturated carbocycles. The molecule has 0 bridgehead atoms. The quantitative estimate of drug-likeness (QED) is 0.225. The molecule has 49 heavy (non-hydrogen) atoms. The van der Waals surface area contributed by atoms with E-state index in [0.29, 0.717) is 0 Å². The minimum Gasteiger partial charge on any atom is -0.0843 e. The second-order valence-corrected chi connectivity index (χ2v) is 16.5. The van der Waals surface area contributed by atoms with Gasteiger partial charge in [0.25, 0.3) is 0 Å². The third-order valence-corrected chi connectivity index (χ3v) is 11.4. The van der Waals surface area contributed by atoms with E-state index in [1.54, 1.807) is 11.1 Å². The van der Waals surface area contributed by atoms with Crippen LogP contribution in [-0.4, -0.2) is 0 Å². The summed E-state index contributed by atoms with van der Waals surface area (Å²) in [5, 5.41) is 2.67. The average Bonchev–Trinajstić information content (AvgIpc) is 3.06. The summed E-state index contributed by atoms with van der Waals surface area (Å²) >= 11 is 0. The standard InChI is InChI=1S/C13H20.C12H22.C12H12.C11H14.CH4/c1-11-6-4-5-7-12(2)10-13(3)9-8-11;2*1-9-3-5-12-8-10(2)4-6-11(12)7-9;1-9-6-7-10-4-2-3-5-11(10)8-9;/h4,6,8-9,12H,5,7,10H2,1-3H3;9-12H,3-8H2,1-2H3;3-8H,1-2H3;2-5,9H,6-8H2,1H3;1H4/b6-4+,11-8-,13-9+;;;;. The molecule has 0 aliphatic heterocycles. The smallest absolute Gasteiger partial charge is 0.0181 e. The van der Waals surface area contributed by atoms with Gasteiger partial charge >= 0.3 is 0 Å². The van der Waals surface area contributed by atoms with Crippen LogP contribution < -0.4 is 0 Å². The van der Waals surface area contributed by atoms with Gasteiger partial charge in [0.2, 0.25) is 0 Å². The monoisotopic (exact) mass is 661 g/mol. The maximum atomic E-state index is 2.44. The molecule has 0 radical (unpaired) electrons. The Balaban J connectivity index is 0.000000176. The third kappa shape index (κ3) is 14.1. The van der Waals surface area contributed by atoms with Crippen molar-refractivity contribution in [2.24, 2.45) is 35.5 Å². The summed E-state index contributed by atoms with van der Waals surface area (Å²) in [5.74, 6) is 6.01. The van der Waals surface area contributed by atoms with Crippen molar-refractivity contribution in [3.8, 4) is 0 Å². The van der Waals surface area contributed by atoms with E-state index in [1.165, 1.54) is 110 Å². The lowest BCUT2D eigenvalue weighted by molar-refractivity contribution is 0.109. The van der Waals surface area contributed by atoms with E-state index >= 15 is 0 Å². The summed E-state index contributed by atoms with van der Waals surface area (Å²) < 4.78 is 0. The first-order valence-electron chi connectivity index (χ1n) is 19.6. The van der Waals surface area contributed by atoms with Gasteiger partial charge in [-0.25, -0.2) is 0 Å². The molecule has 0 heteroatoms. The van der Waals surface area contributed by atoms with Crippen molar-refractivity contribution in [2.75, 3.05) is 0 Å². The van der Waals surface area contributed by atoms with Gasteiger partial charge in [0.15, 0.2) is 0 Å². The molecule has 6 unspecified atom stereocenters. The lowest BCUT2D eigenvalue weighted by Crippen LogP contribution is -2.29. The molecule has 0 aromatic heterocycles. The zero-order chi connectivity index (χ0) is 34.5. The molecule has 4 aliphatic carbocycles. The van der Waals surface area contributed by atoms with Gasteiger partial charge in [-0.3, -0.25) is 0 Å². The summed E-state index contributed by atoms with van der Waals surface area (Å²) in [6, 6.07) is 21.9. The first-order chi connectivity index (χ1) is 23.0. The number of benzene rings is 3. The largest absolute Gasteiger partial charge is 0.0843 e. The van der Waals surface area contributed by atoms with Crippen molar-refractivity contribution in [3.05, 3.63) is 118 Å². The zero-order valence-electron chi connectivity index (χ0n) is 32.0. The number of hydrogen-bond acceptors (Lipinski definition) is 0. The van der Waals surface area contributed by atoms with Crippen LogP contribution in [0.1, 0.15) is 135 Å². The van der Waals surface area contributed by atoms with Crippen molar-refractivity contribution in [1.82, 2.24) is 0 Å². The highest BCUT2D eigenvalue weighted by atomic mass is 14.4. The van der Waals surface area contributed by atoms with E-state index in [1.807, 2.05) is 0 Å². The van der Waals surface area contributed by atoms with Crippen LogP contribution in [0.25, 0.3) is 10.8 Å². The molecule has 0 N–H and O–H groups in total. The lowest BCUT2D eigenvalue weighted by atomic mass is 9.65. The molecular formula is C49H72. The molecule has 3 aromatic rings. The number of hydrogen-bond donors (Lipinski definition) is 0. The maximum Gasteiger partial charge on any atom is -0.0181 e. The summed E-state index contributed by atoms with van der Waals surface area (Å²) in [7, 11) is 0. The van der Waals surface area contributed by atoms with E-state index in [0.717, 1.165) is 35.5 Å². The highest BCUT2D eigenvalue weighted by Gasteiger charge is 2.32. The first-order valence-corrected chi connectivity index (χ1v) is 19.6. The van der Waals surface area contributed by atoms with Gasteiger partial charge in [-0.15, -0.1) is 0 Å². The second-order valence-electron chi connectivity index (χ2n) is 16.5. The molecule has 0 spiro atoms. The topological polar surface area (TPSA) is 0 Å². The van der Waals surface area contributed by atoms with E-state index in [-0.39, 0.29) is 7.43 Å². The van der Waals surface area contributed by atoms with Gasteiger partial charge in [-0.1, -0.05) is 155 Å². The highest BCUT2D eigenvalue weighted by Crippen LogP contribution is 2.44. The van der Waals surface area contributed by atoms with Gasteiger partial charge in [-0.05, 0) is 149 Å². The van der Waals surface area contributed by atoms with Gasteiger partial charge < -0.3 is 0 Å². The van der Waals surface area contributed by atoms with Crippen molar-refractivity contribution < 1.29 is 0 Å². The van der Waals surface area contributed by atoms with E-state index in [9.17, 15) is 0 Å². The first kappa shape index (κ1) is 40.6. The fraction of sp³-hybridized carbons (Fsp3) is 0.551. The van der Waals surface area contributed by atoms with Crippen LogP contribution in [-0.2, 0) is 12.8 Å². The Morgan fingerprint density at radius 3 is 1.67 bits per heavy atom. The SMILES string of the molecule is C.CC1=C/C=C(\C)CC(C)CC\C=C\1.CC1CCC2CC(C)CCC2C1.CC1CCc2ccccc2C1.Cc1ccc2cc(C)ccc2c1. The van der Waals surface area contributed by atoms with E-state index < -0.39 is 0 Å². The summed E-state index contributed by atoms with van der Waals surface area (Å²) in [4.78, 5) is 0. The maximum absolute atomic E-state index is 2.44. The lowest BCUT2D eigenvalue weighted by Gasteiger charge is -2.40. The molecule has 268 valence electrons. The van der Waals surface area contributed by atoms with E-state index in [4.69, 9.17) is 0 Å². The molecule has 2 fully saturated rings. The predicted molar refractivity (Wildman–Crippen MR) is 220 cm³/mol. The van der Waals surface area contributed by atoms with Crippen LogP contribution in [0.4, 0.5) is 0 Å². The van der Waals surface area contributed by atoms with Gasteiger partial charge in [0.05, 0.1) is 0 Å². The zero-order valence-corrected chi connectivity index (χ0v) is 32.0. The predicted octanol–water partition coefficient (Wildman–Crippen LogP) is 15.0. The number of fused-ring (bicyclic) bond motifs is 3. The fourth-order valence-corrected chi connectivity index (χ4v) is 8.42. The van der Waals surface area contributed by atoms with Crippen LogP contribution in [0, 0.1) is 49.4 Å². The third-order valence-electron chi connectivity index (χ3n) is 11.4. The summed E-state index contributed by atoms with van der Waals surface area (Å²) in [6.07, 6.45) is 25.9. The number of allylic oxidation sites excluding steroid dienone is 6. The minimum atomic E-state index is 0. The van der Waals surface area contributed by atoms with Crippen molar-refractivity contribution in [3.63, 3.8) is 0 Å². The molecule has 4 aliphatic rings. The van der Waals surface area contributed by atoms with Crippen LogP contribution in [0.3, 0.4) is 0 Å². The normalized spacial score (nSPS) is 29.0. The van der Waals surface area contributed by atoms with Gasteiger partial charge in [0, 0.05) is 0 Å². The molecule has 0 heterocycles. The van der Waals surface area contributed by atoms with Crippen LogP contribution in [0.5, 0.6) is 0 Å². The molecule has 0 saturated heterocycles. The Kier molecular flexibility index (Phi) is 17.2. The fourth-order valence-electron chi connectivity index (χ4n) is 8.42. The Morgan fingerprint density at radius 1 is 0.531 bits per heavy atom. The van der Waals surface area contributed by atoms with Gasteiger partial charge in [-0.2, -0.15) is 0 Å². The summed E-state index contributed by atoms with van der Waals surface area (Å²) in [6.45, 7) is 18.2. The van der Waals surface area contributed by atoms with Crippen molar-refractivity contribution in [2.45, 2.75) is 140 Å². The number of rotatable bonds is 0. The Bertz CT molecular complexity index is 1440. The van der Waals surface area contributed by atoms with Gasteiger partial charge in [0.1, 0.15) is 0 Å². The van der Waals surface area contributed by atoms with E-state index in [2.05, 4.69) is 140 Å². The Labute approximate surface area is 303 Å². The van der Waals surface area contributed by atoms with Crippen LogP contribution in [0.15, 0.2) is 96.1 Å². The molecule has 6 atom stereocenters. The van der Waals surface area contributed by atoms with Crippen LogP contribution in [0.2, 0.25) is 0 Å². The number of aryl methyl sites for hydroxylation is 3. The molecule has 0 nitrogen and oxygen atoms in total. The summed E-state index contributed by atoms with van der Waals surface area (Å²) in [5.41, 5.74) is 8.66. The van der Waals surface area contributed by atoms with Crippen molar-refractivity contribution >= 4 is 10.8 Å². The minimum absolute atomic E-state index is 0. The highest BCUT2D eigenvalue weighted by molar-refractivity contribution is 5.83. The van der Waals surface area contributed by atoms with Crippen LogP contribution >= 0.6 is 0 Å². The molecule has 3 aromatic carbocycles. The average molecular weight is 661 g/mol.